The fourth-order valence-corrected chi connectivity index (χ4v) is 5.86. The Kier molecular flexibility index (Phi) is 13.9. The van der Waals surface area contributed by atoms with E-state index in [1.165, 1.54) is 41.0 Å². The van der Waals surface area contributed by atoms with Crippen LogP contribution in [0.5, 0.6) is 5.75 Å². The van der Waals surface area contributed by atoms with Crippen molar-refractivity contribution in [3.63, 3.8) is 0 Å². The first kappa shape index (κ1) is 45.7. The summed E-state index contributed by atoms with van der Waals surface area (Å²) >= 11 is 0. The normalized spacial score (nSPS) is 14.0. The monoisotopic (exact) mass is 873 g/mol. The number of alkyl halides is 4. The van der Waals surface area contributed by atoms with Crippen LogP contribution < -0.4 is 20.7 Å². The molecule has 2 atom stereocenters. The van der Waals surface area contributed by atoms with Gasteiger partial charge < -0.3 is 30.2 Å². The van der Waals surface area contributed by atoms with Gasteiger partial charge in [0.05, 0.1) is 24.7 Å². The molecule has 0 bridgehead atoms. The molecule has 3 N–H and O–H groups in total. The van der Waals surface area contributed by atoms with E-state index in [2.05, 4.69) is 15.4 Å². The van der Waals surface area contributed by atoms with Crippen LogP contribution in [0.25, 0.3) is 16.8 Å². The lowest BCUT2D eigenvalue weighted by molar-refractivity contribution is -0.156. The van der Waals surface area contributed by atoms with Crippen molar-refractivity contribution in [2.45, 2.75) is 52.0 Å². The molecule has 324 valence electrons. The van der Waals surface area contributed by atoms with Gasteiger partial charge in [0.2, 0.25) is 12.7 Å². The van der Waals surface area contributed by atoms with Crippen LogP contribution in [0.1, 0.15) is 49.5 Å². The van der Waals surface area contributed by atoms with Crippen molar-refractivity contribution in [3.8, 4) is 16.9 Å². The number of anilines is 3. The van der Waals surface area contributed by atoms with Gasteiger partial charge in [0, 0.05) is 17.4 Å². The number of aromatic nitrogens is 3. The Morgan fingerprint density at radius 3 is 2.23 bits per heavy atom. The van der Waals surface area contributed by atoms with E-state index in [1.54, 1.807) is 64.1 Å². The smallest absolute Gasteiger partial charge is 0.424 e. The Hall–Kier alpha value is -6.34. The first-order valence-electron chi connectivity index (χ1n) is 18.5. The molecule has 61 heavy (non-hydrogen) atoms. The molecule has 1 fully saturated rings. The molecule has 0 aliphatic carbocycles. The van der Waals surface area contributed by atoms with Crippen LogP contribution in [0.3, 0.4) is 0 Å². The van der Waals surface area contributed by atoms with Crippen molar-refractivity contribution in [3.05, 3.63) is 102 Å². The van der Waals surface area contributed by atoms with Crippen molar-refractivity contribution >= 4 is 59.3 Å². The molecule has 20 heteroatoms. The summed E-state index contributed by atoms with van der Waals surface area (Å²) in [6.45, 7) is 3.58. The molecular formula is C41H41ClF5N7O7. The van der Waals surface area contributed by atoms with Crippen molar-refractivity contribution in [2.24, 2.45) is 11.1 Å². The Bertz CT molecular complexity index is 2390. The second kappa shape index (κ2) is 18.5. The lowest BCUT2D eigenvalue weighted by Crippen LogP contribution is -2.51. The van der Waals surface area contributed by atoms with Gasteiger partial charge in [-0.05, 0) is 83.6 Å². The minimum Gasteiger partial charge on any atom is -0.482 e. The summed E-state index contributed by atoms with van der Waals surface area (Å²) in [5.41, 5.74) is 7.31. The molecule has 1 aliphatic heterocycles. The molecule has 5 aromatic rings. The molecule has 0 radical (unpaired) electrons. The molecule has 3 aromatic carbocycles. The highest BCUT2D eigenvalue weighted by molar-refractivity contribution is 6.00. The number of likely N-dealkylation sites (tertiary alicyclic amines) is 1. The zero-order chi connectivity index (χ0) is 43.5. The van der Waals surface area contributed by atoms with Crippen molar-refractivity contribution < 1.29 is 55.3 Å². The number of fused-ring (bicyclic) bond motifs is 1. The number of carbonyl (C=O) groups is 4. The molecule has 0 spiro atoms. The molecule has 0 saturated carbocycles. The lowest BCUT2D eigenvalue weighted by Gasteiger charge is -2.34. The molecular weight excluding hydrogens is 833 g/mol. The van der Waals surface area contributed by atoms with Gasteiger partial charge in [-0.3, -0.25) is 14.4 Å². The Labute approximate surface area is 352 Å². The van der Waals surface area contributed by atoms with Gasteiger partial charge in [0.15, 0.2) is 12.3 Å². The van der Waals surface area contributed by atoms with E-state index in [1.807, 2.05) is 0 Å². The number of hydrogen-bond donors (Lipinski definition) is 2. The Morgan fingerprint density at radius 1 is 0.934 bits per heavy atom. The molecule has 3 amide bonds. The predicted octanol–water partition coefficient (Wildman–Crippen LogP) is 7.58. The van der Waals surface area contributed by atoms with E-state index < -0.39 is 78.6 Å². The number of carbonyl (C=O) groups excluding carboxylic acids is 4. The fourth-order valence-electron chi connectivity index (χ4n) is 5.86. The number of nitrogens with one attached hydrogen (secondary N) is 1. The summed E-state index contributed by atoms with van der Waals surface area (Å²) in [5, 5.41) is 7.18. The van der Waals surface area contributed by atoms with Crippen molar-refractivity contribution in [1.82, 2.24) is 19.5 Å². The number of benzene rings is 3. The number of nitrogens with zero attached hydrogens (tertiary/aromatic N) is 5. The summed E-state index contributed by atoms with van der Waals surface area (Å²) < 4.78 is 84.0. The lowest BCUT2D eigenvalue weighted by atomic mass is 9.87. The third kappa shape index (κ3) is 11.1. The number of ether oxygens (including phenoxy) is 3. The average molecular weight is 874 g/mol. The van der Waals surface area contributed by atoms with E-state index in [0.29, 0.717) is 27.3 Å². The minimum absolute atomic E-state index is 0. The zero-order valence-corrected chi connectivity index (χ0v) is 33.9. The summed E-state index contributed by atoms with van der Waals surface area (Å²) in [4.78, 5) is 58.6. The van der Waals surface area contributed by atoms with Gasteiger partial charge >= 0.3 is 18.2 Å². The van der Waals surface area contributed by atoms with Crippen molar-refractivity contribution in [1.29, 1.82) is 0 Å². The van der Waals surface area contributed by atoms with Crippen LogP contribution in [0, 0.1) is 11.2 Å². The van der Waals surface area contributed by atoms with E-state index >= 15 is 0 Å². The highest BCUT2D eigenvalue weighted by Gasteiger charge is 2.35. The second-order valence-electron chi connectivity index (χ2n) is 15.0. The molecule has 1 aliphatic rings. The number of hydrogen-bond acceptors (Lipinski definition) is 10. The largest absolute Gasteiger partial charge is 0.482 e. The van der Waals surface area contributed by atoms with Gasteiger partial charge in [-0.2, -0.15) is 18.2 Å². The summed E-state index contributed by atoms with van der Waals surface area (Å²) in [6.07, 6.45) is -5.89. The van der Waals surface area contributed by atoms with Crippen LogP contribution in [-0.2, 0) is 19.1 Å². The summed E-state index contributed by atoms with van der Waals surface area (Å²) in [7, 11) is 0. The van der Waals surface area contributed by atoms with Crippen LogP contribution in [0.15, 0.2) is 85.1 Å². The fraction of sp³-hybridized carbons (Fsp3) is 0.317. The van der Waals surface area contributed by atoms with Gasteiger partial charge in [-0.15, -0.1) is 17.5 Å². The zero-order valence-electron chi connectivity index (χ0n) is 33.1. The molecule has 0 unspecified atom stereocenters. The first-order valence-corrected chi connectivity index (χ1v) is 18.5. The molecule has 1 saturated heterocycles. The second-order valence-corrected chi connectivity index (χ2v) is 15.0. The number of nitrogens with two attached hydrogens (primary N) is 1. The summed E-state index contributed by atoms with van der Waals surface area (Å²) in [6, 6.07) is 17.9. The third-order valence-corrected chi connectivity index (χ3v) is 9.49. The minimum atomic E-state index is -4.84. The molecule has 3 heterocycles. The van der Waals surface area contributed by atoms with Crippen molar-refractivity contribution in [2.75, 3.05) is 36.7 Å². The van der Waals surface area contributed by atoms with E-state index in [4.69, 9.17) is 19.9 Å². The standard InChI is InChI=1S/C41H40F5N7O7.ClH/c1-23(24-5-10-28(42)11-6-24)35(54)48-30-12-7-25(8-13-30)26-15-16-52-33(18-26)49-38(50-52)53(39(57)60-22-59-37(56)34(47)40(2,3)4)31-14-9-27(36(55)51-19-29(43)20-51)17-32(31)58-21-41(44,45)46;/h5-18,23,29,34H,19-22,47H2,1-4H3,(H,48,54);1H/t23-,34-;/m1./s1. The number of pyridine rings is 1. The van der Waals surface area contributed by atoms with Crippen LogP contribution in [0.2, 0.25) is 0 Å². The van der Waals surface area contributed by atoms with Gasteiger partial charge in [-0.1, -0.05) is 45.0 Å². The van der Waals surface area contributed by atoms with E-state index in [9.17, 15) is 41.1 Å². The maximum atomic E-state index is 13.8. The predicted molar refractivity (Wildman–Crippen MR) is 215 cm³/mol. The maximum absolute atomic E-state index is 13.8. The molecule has 2 aromatic heterocycles. The quantitative estimate of drug-likeness (QED) is 0.0724. The first-order chi connectivity index (χ1) is 28.3. The topological polar surface area (TPSA) is 171 Å². The highest BCUT2D eigenvalue weighted by Crippen LogP contribution is 2.37. The summed E-state index contributed by atoms with van der Waals surface area (Å²) in [5.74, 6) is -3.87. The number of rotatable bonds is 12. The number of amides is 3. The number of halogens is 6. The van der Waals surface area contributed by atoms with Crippen LogP contribution in [0.4, 0.5) is 44.1 Å². The van der Waals surface area contributed by atoms with Gasteiger partial charge in [-0.25, -0.2) is 23.0 Å². The third-order valence-electron chi connectivity index (χ3n) is 9.49. The molecule has 6 rings (SSSR count). The Morgan fingerprint density at radius 2 is 1.61 bits per heavy atom. The maximum Gasteiger partial charge on any atom is 0.424 e. The highest BCUT2D eigenvalue weighted by atomic mass is 35.5. The van der Waals surface area contributed by atoms with E-state index in [-0.39, 0.29) is 48.3 Å². The van der Waals surface area contributed by atoms with Crippen LogP contribution >= 0.6 is 12.4 Å². The van der Waals surface area contributed by atoms with Gasteiger partial charge in [0.1, 0.15) is 23.8 Å². The SMILES string of the molecule is C[C@@H](C(=O)Nc1ccc(-c2ccn3nc(N(C(=O)OCOC(=O)[C@@H](N)C(C)(C)C)c4ccc(C(=O)N5CC(F)C5)cc4OCC(F)(F)F)nc3c2)cc1)c1ccc(F)cc1.Cl. The molecule has 14 nitrogen and oxygen atoms in total. The van der Waals surface area contributed by atoms with Gasteiger partial charge in [0.25, 0.3) is 11.9 Å². The average Bonchev–Trinajstić information content (AvgIpc) is 3.61. The van der Waals surface area contributed by atoms with Crippen LogP contribution in [-0.4, -0.2) is 88.3 Å². The van der Waals surface area contributed by atoms with E-state index in [0.717, 1.165) is 17.0 Å². The Balaban J connectivity index is 0.00000704. The number of esters is 1.